The highest BCUT2D eigenvalue weighted by Crippen LogP contribution is 2.26. The van der Waals surface area contributed by atoms with Crippen molar-refractivity contribution in [2.45, 2.75) is 30.5 Å². The number of nitrogens with one attached hydrogen (secondary N) is 1. The second kappa shape index (κ2) is 4.67. The SMILES string of the molecule is CCC(C)Sc1nc[nH]c(=O)c1Cl. The molecule has 0 amide bonds. The summed E-state index contributed by atoms with van der Waals surface area (Å²) in [5, 5.41) is 1.22. The largest absolute Gasteiger partial charge is 0.312 e. The van der Waals surface area contributed by atoms with Gasteiger partial charge in [-0.25, -0.2) is 4.98 Å². The van der Waals surface area contributed by atoms with Crippen molar-refractivity contribution < 1.29 is 0 Å². The lowest BCUT2D eigenvalue weighted by atomic mass is 10.4. The molecule has 1 atom stereocenters. The lowest BCUT2D eigenvalue weighted by Gasteiger charge is -2.06. The molecule has 1 aromatic heterocycles. The van der Waals surface area contributed by atoms with Gasteiger partial charge in [0.2, 0.25) is 0 Å². The summed E-state index contributed by atoms with van der Waals surface area (Å²) in [6.45, 7) is 4.16. The summed E-state index contributed by atoms with van der Waals surface area (Å²) < 4.78 is 0. The topological polar surface area (TPSA) is 45.8 Å². The van der Waals surface area contributed by atoms with Crippen molar-refractivity contribution in [2.75, 3.05) is 0 Å². The van der Waals surface area contributed by atoms with E-state index in [1.54, 1.807) is 0 Å². The molecule has 1 rings (SSSR count). The first kappa shape index (κ1) is 10.6. The van der Waals surface area contributed by atoms with Crippen LogP contribution in [0.2, 0.25) is 5.02 Å². The summed E-state index contributed by atoms with van der Waals surface area (Å²) >= 11 is 7.29. The lowest BCUT2D eigenvalue weighted by Crippen LogP contribution is -2.08. The van der Waals surface area contributed by atoms with Crippen LogP contribution in [0.15, 0.2) is 16.1 Å². The molecule has 0 bridgehead atoms. The van der Waals surface area contributed by atoms with Crippen LogP contribution >= 0.6 is 23.4 Å². The normalized spacial score (nSPS) is 12.8. The number of rotatable bonds is 3. The Bertz CT molecular complexity index is 339. The number of nitrogens with zero attached hydrogens (tertiary/aromatic N) is 1. The van der Waals surface area contributed by atoms with Crippen LogP contribution in [0.1, 0.15) is 20.3 Å². The molecule has 0 aliphatic carbocycles. The zero-order valence-corrected chi connectivity index (χ0v) is 9.08. The molecular weight excluding hydrogens is 208 g/mol. The van der Waals surface area contributed by atoms with E-state index in [-0.39, 0.29) is 10.6 Å². The van der Waals surface area contributed by atoms with Gasteiger partial charge >= 0.3 is 0 Å². The predicted molar refractivity (Wildman–Crippen MR) is 55.5 cm³/mol. The second-order valence-electron chi connectivity index (χ2n) is 2.69. The quantitative estimate of drug-likeness (QED) is 0.626. The smallest absolute Gasteiger partial charge is 0.270 e. The van der Waals surface area contributed by atoms with E-state index in [0.29, 0.717) is 10.3 Å². The number of halogens is 1. The highest BCUT2D eigenvalue weighted by molar-refractivity contribution is 7.99. The fourth-order valence-electron chi connectivity index (χ4n) is 0.723. The highest BCUT2D eigenvalue weighted by atomic mass is 35.5. The number of aromatic nitrogens is 2. The average Bonchev–Trinajstić information content (AvgIpc) is 2.13. The van der Waals surface area contributed by atoms with Crippen molar-refractivity contribution in [1.82, 2.24) is 9.97 Å². The van der Waals surface area contributed by atoms with Crippen LogP contribution in [0, 0.1) is 0 Å². The molecule has 0 aromatic carbocycles. The van der Waals surface area contributed by atoms with Gasteiger partial charge in [0.1, 0.15) is 10.0 Å². The summed E-state index contributed by atoms with van der Waals surface area (Å²) in [6, 6.07) is 0. The Hall–Kier alpha value is -0.480. The van der Waals surface area contributed by atoms with Crippen molar-refractivity contribution in [1.29, 1.82) is 0 Å². The minimum absolute atomic E-state index is 0.188. The van der Waals surface area contributed by atoms with Crippen molar-refractivity contribution in [2.24, 2.45) is 0 Å². The van der Waals surface area contributed by atoms with Gasteiger partial charge in [0.05, 0.1) is 6.33 Å². The van der Waals surface area contributed by atoms with E-state index in [4.69, 9.17) is 11.6 Å². The van der Waals surface area contributed by atoms with E-state index in [1.165, 1.54) is 18.1 Å². The first-order valence-electron chi connectivity index (χ1n) is 4.05. The van der Waals surface area contributed by atoms with Crippen LogP contribution in [0.4, 0.5) is 0 Å². The Morgan fingerprint density at radius 1 is 1.77 bits per heavy atom. The molecule has 0 aliphatic rings. The van der Waals surface area contributed by atoms with Gasteiger partial charge in [0, 0.05) is 5.25 Å². The summed E-state index contributed by atoms with van der Waals surface area (Å²) in [7, 11) is 0. The monoisotopic (exact) mass is 218 g/mol. The van der Waals surface area contributed by atoms with Crippen LogP contribution in [-0.2, 0) is 0 Å². The molecule has 0 fully saturated rings. The Morgan fingerprint density at radius 2 is 2.46 bits per heavy atom. The maximum Gasteiger partial charge on any atom is 0.270 e. The fourth-order valence-corrected chi connectivity index (χ4v) is 1.82. The molecule has 1 aromatic rings. The van der Waals surface area contributed by atoms with Crippen LogP contribution in [-0.4, -0.2) is 15.2 Å². The molecule has 0 radical (unpaired) electrons. The molecule has 1 heterocycles. The van der Waals surface area contributed by atoms with Gasteiger partial charge in [-0.2, -0.15) is 0 Å². The number of aromatic amines is 1. The van der Waals surface area contributed by atoms with Crippen molar-refractivity contribution >= 4 is 23.4 Å². The van der Waals surface area contributed by atoms with Crippen LogP contribution in [0.5, 0.6) is 0 Å². The van der Waals surface area contributed by atoms with Crippen molar-refractivity contribution in [3.05, 3.63) is 21.7 Å². The molecule has 1 unspecified atom stereocenters. The molecule has 1 N–H and O–H groups in total. The fraction of sp³-hybridized carbons (Fsp3) is 0.500. The Morgan fingerprint density at radius 3 is 3.08 bits per heavy atom. The standard InChI is InChI=1S/C8H11ClN2OS/c1-3-5(2)13-8-6(9)7(12)10-4-11-8/h4-5H,3H2,1-2H3,(H,10,11,12). The van der Waals surface area contributed by atoms with Crippen LogP contribution in [0.25, 0.3) is 0 Å². The number of H-pyrrole nitrogens is 1. The molecule has 3 nitrogen and oxygen atoms in total. The van der Waals surface area contributed by atoms with Gasteiger partial charge < -0.3 is 4.98 Å². The summed E-state index contributed by atoms with van der Waals surface area (Å²) in [4.78, 5) is 17.5. The summed E-state index contributed by atoms with van der Waals surface area (Å²) in [6.07, 6.45) is 2.40. The molecule has 0 saturated heterocycles. The average molecular weight is 219 g/mol. The third-order valence-electron chi connectivity index (χ3n) is 1.65. The summed E-state index contributed by atoms with van der Waals surface area (Å²) in [5.74, 6) is 0. The maximum atomic E-state index is 11.1. The van der Waals surface area contributed by atoms with Gasteiger partial charge in [-0.05, 0) is 6.42 Å². The minimum atomic E-state index is -0.275. The first-order valence-corrected chi connectivity index (χ1v) is 5.30. The number of thioether (sulfide) groups is 1. The summed E-state index contributed by atoms with van der Waals surface area (Å²) in [5.41, 5.74) is -0.275. The highest BCUT2D eigenvalue weighted by Gasteiger charge is 2.09. The number of hydrogen-bond donors (Lipinski definition) is 1. The van der Waals surface area contributed by atoms with E-state index in [2.05, 4.69) is 23.8 Å². The van der Waals surface area contributed by atoms with E-state index in [0.717, 1.165) is 6.42 Å². The zero-order valence-electron chi connectivity index (χ0n) is 7.50. The third kappa shape index (κ3) is 2.74. The Balaban J connectivity index is 2.89. The molecule has 0 aliphatic heterocycles. The Labute approximate surface area is 85.9 Å². The molecule has 0 spiro atoms. The van der Waals surface area contributed by atoms with E-state index in [1.807, 2.05) is 0 Å². The minimum Gasteiger partial charge on any atom is -0.312 e. The van der Waals surface area contributed by atoms with Gasteiger partial charge in [0.15, 0.2) is 0 Å². The number of hydrogen-bond acceptors (Lipinski definition) is 3. The van der Waals surface area contributed by atoms with E-state index < -0.39 is 0 Å². The maximum absolute atomic E-state index is 11.1. The first-order chi connectivity index (χ1) is 6.15. The van der Waals surface area contributed by atoms with Gasteiger partial charge in [-0.3, -0.25) is 4.79 Å². The second-order valence-corrected chi connectivity index (χ2v) is 4.49. The van der Waals surface area contributed by atoms with Gasteiger partial charge in [-0.15, -0.1) is 11.8 Å². The predicted octanol–water partition coefficient (Wildman–Crippen LogP) is 2.31. The third-order valence-corrected chi connectivity index (χ3v) is 3.38. The molecule has 72 valence electrons. The van der Waals surface area contributed by atoms with Gasteiger partial charge in [0.25, 0.3) is 5.56 Å². The Kier molecular flexibility index (Phi) is 3.81. The van der Waals surface area contributed by atoms with E-state index in [9.17, 15) is 4.79 Å². The van der Waals surface area contributed by atoms with Crippen molar-refractivity contribution in [3.8, 4) is 0 Å². The zero-order chi connectivity index (χ0) is 9.84. The molecule has 5 heteroatoms. The molecule has 13 heavy (non-hydrogen) atoms. The van der Waals surface area contributed by atoms with Crippen LogP contribution in [0.3, 0.4) is 0 Å². The van der Waals surface area contributed by atoms with Gasteiger partial charge in [-0.1, -0.05) is 25.4 Å². The molecule has 0 saturated carbocycles. The van der Waals surface area contributed by atoms with Crippen LogP contribution < -0.4 is 5.56 Å². The van der Waals surface area contributed by atoms with E-state index >= 15 is 0 Å². The lowest BCUT2D eigenvalue weighted by molar-refractivity contribution is 0.897. The molecular formula is C8H11ClN2OS. The van der Waals surface area contributed by atoms with Crippen molar-refractivity contribution in [3.63, 3.8) is 0 Å².